The molecule has 1 aliphatic rings. The number of aromatic nitrogens is 2. The molecular weight excluding hydrogens is 455 g/mol. The third kappa shape index (κ3) is 5.41. The number of carbonyl (C=O) groups is 1. The zero-order chi connectivity index (χ0) is 24.3. The van der Waals surface area contributed by atoms with Gasteiger partial charge >= 0.3 is 12.3 Å². The lowest BCUT2D eigenvalue weighted by Gasteiger charge is -2.32. The van der Waals surface area contributed by atoms with E-state index in [2.05, 4.69) is 9.72 Å². The molecule has 1 saturated heterocycles. The molecule has 0 saturated carbocycles. The summed E-state index contributed by atoms with van der Waals surface area (Å²) in [5.74, 6) is -1.24. The average molecular weight is 479 g/mol. The van der Waals surface area contributed by atoms with E-state index in [1.807, 2.05) is 4.90 Å². The summed E-state index contributed by atoms with van der Waals surface area (Å²) in [5.41, 5.74) is 1.47. The molecule has 0 aliphatic carbocycles. The lowest BCUT2D eigenvalue weighted by Crippen LogP contribution is -2.37. The monoisotopic (exact) mass is 479 g/mol. The standard InChI is InChI=1S/C23H24F3N3O5/c1-32-9-2-3-17-13-27-19(21(28-17)29-7-4-14(5-8-29)22(30)31)16-11-15-6-10-33-20(15)18(12-16)34-23(24,25)26/h6,10-14H,2-5,7-9H2,1H3,(H,30,31). The molecule has 2 aromatic heterocycles. The second-order valence-electron chi connectivity index (χ2n) is 8.09. The predicted octanol–water partition coefficient (Wildman–Crippen LogP) is 4.67. The van der Waals surface area contributed by atoms with Crippen LogP contribution in [0.4, 0.5) is 19.0 Å². The summed E-state index contributed by atoms with van der Waals surface area (Å²) in [5, 5.41) is 9.75. The fraction of sp³-hybridized carbons (Fsp3) is 0.435. The third-order valence-electron chi connectivity index (χ3n) is 5.75. The van der Waals surface area contributed by atoms with Gasteiger partial charge in [0.15, 0.2) is 17.2 Å². The van der Waals surface area contributed by atoms with Crippen LogP contribution in [0.3, 0.4) is 0 Å². The van der Waals surface area contributed by atoms with Crippen LogP contribution >= 0.6 is 0 Å². The van der Waals surface area contributed by atoms with Gasteiger partial charge in [-0.2, -0.15) is 0 Å². The second-order valence-corrected chi connectivity index (χ2v) is 8.09. The number of anilines is 1. The van der Waals surface area contributed by atoms with Crippen LogP contribution in [0, 0.1) is 5.92 Å². The van der Waals surface area contributed by atoms with Gasteiger partial charge in [0, 0.05) is 44.0 Å². The van der Waals surface area contributed by atoms with E-state index in [1.54, 1.807) is 25.4 Å². The van der Waals surface area contributed by atoms with Crippen LogP contribution in [-0.4, -0.2) is 54.2 Å². The van der Waals surface area contributed by atoms with E-state index in [4.69, 9.17) is 14.1 Å². The number of fused-ring (bicyclic) bond motifs is 1. The number of carboxylic acid groups (broad SMARTS) is 1. The minimum absolute atomic E-state index is 0.0194. The number of hydrogen-bond acceptors (Lipinski definition) is 7. The number of hydrogen-bond donors (Lipinski definition) is 1. The Kier molecular flexibility index (Phi) is 6.92. The topological polar surface area (TPSA) is 97.9 Å². The molecule has 8 nitrogen and oxygen atoms in total. The summed E-state index contributed by atoms with van der Waals surface area (Å²) in [7, 11) is 1.61. The number of rotatable bonds is 8. The van der Waals surface area contributed by atoms with Crippen LogP contribution in [-0.2, 0) is 16.0 Å². The molecule has 0 bridgehead atoms. The second kappa shape index (κ2) is 9.88. The Labute approximate surface area is 193 Å². The lowest BCUT2D eigenvalue weighted by molar-refractivity contribution is -0.274. The van der Waals surface area contributed by atoms with E-state index in [9.17, 15) is 23.1 Å². The maximum atomic E-state index is 13.0. The van der Waals surface area contributed by atoms with Crippen molar-refractivity contribution in [3.63, 3.8) is 0 Å². The van der Waals surface area contributed by atoms with E-state index in [-0.39, 0.29) is 5.58 Å². The first kappa shape index (κ1) is 23.8. The van der Waals surface area contributed by atoms with Crippen molar-refractivity contribution in [2.24, 2.45) is 5.92 Å². The quantitative estimate of drug-likeness (QED) is 0.466. The van der Waals surface area contributed by atoms with Gasteiger partial charge in [0.25, 0.3) is 0 Å². The Balaban J connectivity index is 1.74. The lowest BCUT2D eigenvalue weighted by atomic mass is 9.96. The van der Waals surface area contributed by atoms with Gasteiger partial charge in [-0.1, -0.05) is 0 Å². The molecule has 34 heavy (non-hydrogen) atoms. The van der Waals surface area contributed by atoms with Crippen LogP contribution in [0.5, 0.6) is 5.75 Å². The number of alkyl halides is 3. The molecule has 0 unspecified atom stereocenters. The minimum Gasteiger partial charge on any atom is -0.481 e. The molecule has 3 heterocycles. The van der Waals surface area contributed by atoms with Crippen molar-refractivity contribution in [3.8, 4) is 17.0 Å². The predicted molar refractivity (Wildman–Crippen MR) is 117 cm³/mol. The summed E-state index contributed by atoms with van der Waals surface area (Å²) in [6.45, 7) is 1.44. The van der Waals surface area contributed by atoms with Crippen LogP contribution in [0.1, 0.15) is 25.0 Å². The highest BCUT2D eigenvalue weighted by Crippen LogP contribution is 2.38. The van der Waals surface area contributed by atoms with Crippen molar-refractivity contribution in [1.29, 1.82) is 0 Å². The zero-order valence-corrected chi connectivity index (χ0v) is 18.5. The number of methoxy groups -OCH3 is 1. The smallest absolute Gasteiger partial charge is 0.481 e. The van der Waals surface area contributed by atoms with Gasteiger partial charge in [0.2, 0.25) is 0 Å². The maximum Gasteiger partial charge on any atom is 0.573 e. The number of halogens is 3. The largest absolute Gasteiger partial charge is 0.573 e. The Bertz CT molecular complexity index is 1160. The first-order chi connectivity index (χ1) is 16.2. The van der Waals surface area contributed by atoms with Gasteiger partial charge < -0.3 is 23.9 Å². The Morgan fingerprint density at radius 3 is 2.74 bits per heavy atom. The Morgan fingerprint density at radius 1 is 1.29 bits per heavy atom. The first-order valence-electron chi connectivity index (χ1n) is 10.8. The van der Waals surface area contributed by atoms with Crippen LogP contribution < -0.4 is 9.64 Å². The van der Waals surface area contributed by atoms with Gasteiger partial charge in [0.1, 0.15) is 5.69 Å². The number of piperidine rings is 1. The Hall–Kier alpha value is -3.34. The van der Waals surface area contributed by atoms with Crippen molar-refractivity contribution in [2.45, 2.75) is 32.0 Å². The molecule has 0 spiro atoms. The molecule has 1 aromatic carbocycles. The van der Waals surface area contributed by atoms with Crippen LogP contribution in [0.15, 0.2) is 35.1 Å². The number of aryl methyl sites for hydroxylation is 1. The molecule has 0 radical (unpaired) electrons. The zero-order valence-electron chi connectivity index (χ0n) is 18.5. The van der Waals surface area contributed by atoms with Crippen molar-refractivity contribution in [3.05, 3.63) is 36.4 Å². The molecule has 3 aromatic rings. The average Bonchev–Trinajstić information content (AvgIpc) is 3.27. The van der Waals surface area contributed by atoms with Crippen molar-refractivity contribution >= 4 is 22.8 Å². The minimum atomic E-state index is -4.89. The molecule has 11 heteroatoms. The van der Waals surface area contributed by atoms with Crippen molar-refractivity contribution in [2.75, 3.05) is 31.7 Å². The first-order valence-corrected chi connectivity index (χ1v) is 10.8. The van der Waals surface area contributed by atoms with Gasteiger partial charge in [-0.15, -0.1) is 13.2 Å². The maximum absolute atomic E-state index is 13.0. The van der Waals surface area contributed by atoms with E-state index in [0.29, 0.717) is 67.1 Å². The summed E-state index contributed by atoms with van der Waals surface area (Å²) in [6.07, 6.45) is 0.221. The Morgan fingerprint density at radius 2 is 2.06 bits per heavy atom. The highest BCUT2D eigenvalue weighted by atomic mass is 19.4. The van der Waals surface area contributed by atoms with Crippen LogP contribution in [0.25, 0.3) is 22.2 Å². The summed E-state index contributed by atoms with van der Waals surface area (Å²) in [4.78, 5) is 22.6. The van der Waals surface area contributed by atoms with E-state index >= 15 is 0 Å². The normalized spacial score (nSPS) is 15.1. The fourth-order valence-electron chi connectivity index (χ4n) is 4.08. The molecule has 0 amide bonds. The van der Waals surface area contributed by atoms with Gasteiger partial charge in [-0.05, 0) is 43.9 Å². The van der Waals surface area contributed by atoms with E-state index in [0.717, 1.165) is 6.42 Å². The van der Waals surface area contributed by atoms with Gasteiger partial charge in [0.05, 0.1) is 17.9 Å². The SMILES string of the molecule is COCCCc1cnc(-c2cc(OC(F)(F)F)c3occc3c2)c(N2CCC(C(=O)O)CC2)n1. The van der Waals surface area contributed by atoms with Crippen LogP contribution in [0.2, 0.25) is 0 Å². The number of carboxylic acids is 1. The van der Waals surface area contributed by atoms with Crippen molar-refractivity contribution < 1.29 is 37.0 Å². The number of aliphatic carboxylic acids is 1. The van der Waals surface area contributed by atoms with Gasteiger partial charge in [-0.3, -0.25) is 9.78 Å². The molecule has 182 valence electrons. The van der Waals surface area contributed by atoms with Gasteiger partial charge in [-0.25, -0.2) is 4.98 Å². The summed E-state index contributed by atoms with van der Waals surface area (Å²) < 4.78 is 53.6. The number of furan rings is 1. The molecule has 1 aliphatic heterocycles. The molecule has 4 rings (SSSR count). The summed E-state index contributed by atoms with van der Waals surface area (Å²) >= 11 is 0. The number of ether oxygens (including phenoxy) is 2. The molecular formula is C23H24F3N3O5. The number of benzene rings is 1. The molecule has 0 atom stereocenters. The third-order valence-corrected chi connectivity index (χ3v) is 5.75. The molecule has 1 N–H and O–H groups in total. The summed E-state index contributed by atoms with van der Waals surface area (Å²) in [6, 6.07) is 4.46. The van der Waals surface area contributed by atoms with E-state index in [1.165, 1.54) is 12.3 Å². The van der Waals surface area contributed by atoms with Crippen molar-refractivity contribution in [1.82, 2.24) is 9.97 Å². The fourth-order valence-corrected chi connectivity index (χ4v) is 4.08. The number of nitrogens with zero attached hydrogens (tertiary/aromatic N) is 3. The van der Waals surface area contributed by atoms with E-state index < -0.39 is 24.0 Å². The highest BCUT2D eigenvalue weighted by Gasteiger charge is 2.33. The molecule has 1 fully saturated rings. The highest BCUT2D eigenvalue weighted by molar-refractivity contribution is 5.90.